The van der Waals surface area contributed by atoms with Gasteiger partial charge in [0.1, 0.15) is 5.82 Å². The lowest BCUT2D eigenvalue weighted by Crippen LogP contribution is -2.14. The number of carbonyl (C=O) groups is 2. The van der Waals surface area contributed by atoms with Gasteiger partial charge in [0.25, 0.3) is 5.91 Å². The minimum absolute atomic E-state index is 0.000245. The van der Waals surface area contributed by atoms with E-state index in [2.05, 4.69) is 5.32 Å². The number of carbonyl (C=O) groups excluding carboxylic acids is 1. The van der Waals surface area contributed by atoms with Crippen LogP contribution in [0.4, 0.5) is 10.1 Å². The molecule has 0 radical (unpaired) electrons. The van der Waals surface area contributed by atoms with E-state index in [-0.39, 0.29) is 21.8 Å². The predicted octanol–water partition coefficient (Wildman–Crippen LogP) is 3.74. The fourth-order valence-electron chi connectivity index (χ4n) is 1.76. The van der Waals surface area contributed by atoms with Crippen molar-refractivity contribution in [2.75, 3.05) is 5.32 Å². The maximum Gasteiger partial charge on any atom is 0.335 e. The summed E-state index contributed by atoms with van der Waals surface area (Å²) < 4.78 is 13.9. The highest BCUT2D eigenvalue weighted by Crippen LogP contribution is 2.24. The van der Waals surface area contributed by atoms with Gasteiger partial charge in [-0.2, -0.15) is 0 Å². The van der Waals surface area contributed by atoms with E-state index in [1.54, 1.807) is 19.1 Å². The predicted molar refractivity (Wildman–Crippen MR) is 77.5 cm³/mol. The van der Waals surface area contributed by atoms with Crippen LogP contribution < -0.4 is 5.32 Å². The number of aromatic carboxylic acids is 1. The summed E-state index contributed by atoms with van der Waals surface area (Å²) in [6.45, 7) is 1.56. The summed E-state index contributed by atoms with van der Waals surface area (Å²) >= 11 is 5.90. The second kappa shape index (κ2) is 5.93. The van der Waals surface area contributed by atoms with Crippen LogP contribution in [0.5, 0.6) is 0 Å². The summed E-state index contributed by atoms with van der Waals surface area (Å²) in [6, 6.07) is 8.36. The van der Waals surface area contributed by atoms with Crippen molar-refractivity contribution in [3.63, 3.8) is 0 Å². The van der Waals surface area contributed by atoms with Crippen LogP contribution in [0.3, 0.4) is 0 Å². The lowest BCUT2D eigenvalue weighted by atomic mass is 10.1. The first-order valence-electron chi connectivity index (χ1n) is 5.99. The summed E-state index contributed by atoms with van der Waals surface area (Å²) in [5.74, 6) is -2.38. The van der Waals surface area contributed by atoms with Gasteiger partial charge in [-0.3, -0.25) is 4.79 Å². The van der Waals surface area contributed by atoms with Gasteiger partial charge >= 0.3 is 5.97 Å². The average molecular weight is 308 g/mol. The second-order valence-corrected chi connectivity index (χ2v) is 4.80. The number of aryl methyl sites for hydroxylation is 1. The van der Waals surface area contributed by atoms with Crippen molar-refractivity contribution < 1.29 is 19.1 Å². The summed E-state index contributed by atoms with van der Waals surface area (Å²) in [5.41, 5.74) is 0.468. The molecule has 0 saturated carbocycles. The highest BCUT2D eigenvalue weighted by Gasteiger charge is 2.15. The highest BCUT2D eigenvalue weighted by atomic mass is 35.5. The topological polar surface area (TPSA) is 66.4 Å². The molecule has 0 saturated heterocycles. The van der Waals surface area contributed by atoms with Crippen molar-refractivity contribution in [1.82, 2.24) is 0 Å². The van der Waals surface area contributed by atoms with Crippen LogP contribution in [0.1, 0.15) is 26.3 Å². The van der Waals surface area contributed by atoms with Crippen LogP contribution in [0.15, 0.2) is 36.4 Å². The Hall–Kier alpha value is -2.40. The van der Waals surface area contributed by atoms with Gasteiger partial charge in [-0.15, -0.1) is 0 Å². The number of carboxylic acids is 1. The van der Waals surface area contributed by atoms with Gasteiger partial charge in [-0.1, -0.05) is 23.7 Å². The average Bonchev–Trinajstić information content (AvgIpc) is 2.43. The van der Waals surface area contributed by atoms with Crippen molar-refractivity contribution in [3.8, 4) is 0 Å². The summed E-state index contributed by atoms with van der Waals surface area (Å²) in [4.78, 5) is 22.8. The molecule has 0 aliphatic rings. The largest absolute Gasteiger partial charge is 0.478 e. The first-order valence-corrected chi connectivity index (χ1v) is 6.37. The number of halogens is 2. The van der Waals surface area contributed by atoms with Crippen molar-refractivity contribution in [3.05, 3.63) is 63.9 Å². The minimum Gasteiger partial charge on any atom is -0.478 e. The standard InChI is InChI=1S/C15H11ClFNO3/c1-8-3-2-4-10(13(8)17)14(19)18-12-6-5-9(15(20)21)7-11(12)16/h2-7H,1H3,(H,18,19)(H,20,21). The third-order valence-electron chi connectivity index (χ3n) is 2.90. The zero-order valence-electron chi connectivity index (χ0n) is 11.0. The van der Waals surface area contributed by atoms with E-state index in [1.807, 2.05) is 0 Å². The number of anilines is 1. The molecule has 0 spiro atoms. The van der Waals surface area contributed by atoms with Crippen LogP contribution >= 0.6 is 11.6 Å². The third kappa shape index (κ3) is 3.20. The molecule has 0 fully saturated rings. The molecule has 0 atom stereocenters. The van der Waals surface area contributed by atoms with Crippen LogP contribution in [-0.2, 0) is 0 Å². The van der Waals surface area contributed by atoms with E-state index >= 15 is 0 Å². The summed E-state index contributed by atoms with van der Waals surface area (Å²) in [6.07, 6.45) is 0. The zero-order chi connectivity index (χ0) is 15.6. The second-order valence-electron chi connectivity index (χ2n) is 4.39. The Bertz CT molecular complexity index is 731. The number of nitrogens with one attached hydrogen (secondary N) is 1. The molecule has 0 bridgehead atoms. The van der Waals surface area contributed by atoms with Crippen molar-refractivity contribution in [2.45, 2.75) is 6.92 Å². The quantitative estimate of drug-likeness (QED) is 0.907. The maximum absolute atomic E-state index is 13.9. The van der Waals surface area contributed by atoms with E-state index in [1.165, 1.54) is 24.3 Å². The molecule has 21 heavy (non-hydrogen) atoms. The Morgan fingerprint density at radius 2 is 1.95 bits per heavy atom. The van der Waals surface area contributed by atoms with Crippen LogP contribution in [0, 0.1) is 12.7 Å². The van der Waals surface area contributed by atoms with Crippen molar-refractivity contribution in [1.29, 1.82) is 0 Å². The molecular weight excluding hydrogens is 297 g/mol. The maximum atomic E-state index is 13.9. The zero-order valence-corrected chi connectivity index (χ0v) is 11.7. The van der Waals surface area contributed by atoms with Gasteiger partial charge in [0.15, 0.2) is 0 Å². The number of amides is 1. The molecule has 2 aromatic rings. The van der Waals surface area contributed by atoms with E-state index in [4.69, 9.17) is 16.7 Å². The summed E-state index contributed by atoms with van der Waals surface area (Å²) in [7, 11) is 0. The molecule has 2 rings (SSSR count). The smallest absolute Gasteiger partial charge is 0.335 e. The molecule has 2 N–H and O–H groups in total. The van der Waals surface area contributed by atoms with Gasteiger partial charge < -0.3 is 10.4 Å². The SMILES string of the molecule is Cc1cccc(C(=O)Nc2ccc(C(=O)O)cc2Cl)c1F. The van der Waals surface area contributed by atoms with Gasteiger partial charge in [0.05, 0.1) is 21.8 Å². The highest BCUT2D eigenvalue weighted by molar-refractivity contribution is 6.34. The number of hydrogen-bond donors (Lipinski definition) is 2. The molecule has 0 aliphatic carbocycles. The Morgan fingerprint density at radius 3 is 2.57 bits per heavy atom. The number of rotatable bonds is 3. The lowest BCUT2D eigenvalue weighted by molar-refractivity contribution is 0.0696. The van der Waals surface area contributed by atoms with E-state index in [0.717, 1.165) is 0 Å². The van der Waals surface area contributed by atoms with Crippen LogP contribution in [0.2, 0.25) is 5.02 Å². The Kier molecular flexibility index (Phi) is 4.23. The van der Waals surface area contributed by atoms with E-state index in [9.17, 15) is 14.0 Å². The van der Waals surface area contributed by atoms with Gasteiger partial charge in [-0.25, -0.2) is 9.18 Å². The van der Waals surface area contributed by atoms with Crippen molar-refractivity contribution >= 4 is 29.2 Å². The molecule has 0 unspecified atom stereocenters. The molecule has 1 amide bonds. The number of carboxylic acid groups (broad SMARTS) is 1. The first kappa shape index (κ1) is 15.0. The molecule has 108 valence electrons. The summed E-state index contributed by atoms with van der Waals surface area (Å²) in [5, 5.41) is 11.4. The minimum atomic E-state index is -1.13. The van der Waals surface area contributed by atoms with Crippen molar-refractivity contribution in [2.24, 2.45) is 0 Å². The van der Waals surface area contributed by atoms with Crippen LogP contribution in [0.25, 0.3) is 0 Å². The first-order chi connectivity index (χ1) is 9.90. The normalized spacial score (nSPS) is 10.2. The monoisotopic (exact) mass is 307 g/mol. The fourth-order valence-corrected chi connectivity index (χ4v) is 1.99. The molecule has 6 heteroatoms. The third-order valence-corrected chi connectivity index (χ3v) is 3.21. The van der Waals surface area contributed by atoms with E-state index < -0.39 is 17.7 Å². The molecule has 2 aromatic carbocycles. The number of benzene rings is 2. The fraction of sp³-hybridized carbons (Fsp3) is 0.0667. The molecule has 0 aliphatic heterocycles. The van der Waals surface area contributed by atoms with Gasteiger partial charge in [0, 0.05) is 0 Å². The number of hydrogen-bond acceptors (Lipinski definition) is 2. The molecule has 4 nitrogen and oxygen atoms in total. The molecule has 0 aromatic heterocycles. The van der Waals surface area contributed by atoms with Gasteiger partial charge in [-0.05, 0) is 36.8 Å². The van der Waals surface area contributed by atoms with Gasteiger partial charge in [0.2, 0.25) is 0 Å². The lowest BCUT2D eigenvalue weighted by Gasteiger charge is -2.09. The Morgan fingerprint density at radius 1 is 1.24 bits per heavy atom. The Balaban J connectivity index is 2.28. The Labute approximate surface area is 125 Å². The van der Waals surface area contributed by atoms with E-state index in [0.29, 0.717) is 5.56 Å². The molecular formula is C15H11ClFNO3. The van der Waals surface area contributed by atoms with Crippen LogP contribution in [-0.4, -0.2) is 17.0 Å². The molecule has 0 heterocycles.